The van der Waals surface area contributed by atoms with Gasteiger partial charge < -0.3 is 10.5 Å². The highest BCUT2D eigenvalue weighted by atomic mass is 32.1. The summed E-state index contributed by atoms with van der Waals surface area (Å²) in [6, 6.07) is 1.99. The predicted molar refractivity (Wildman–Crippen MR) is 51.0 cm³/mol. The first-order valence-electron chi connectivity index (χ1n) is 3.62. The van der Waals surface area contributed by atoms with Crippen molar-refractivity contribution in [3.05, 3.63) is 21.9 Å². The second-order valence-electron chi connectivity index (χ2n) is 2.20. The van der Waals surface area contributed by atoms with E-state index in [1.54, 1.807) is 18.4 Å². The Morgan fingerprint density at radius 1 is 1.67 bits per heavy atom. The molecule has 2 nitrogen and oxygen atoms in total. The molecule has 0 fully saturated rings. The Balaban J connectivity index is 2.76. The normalized spacial score (nSPS) is 9.17. The van der Waals surface area contributed by atoms with E-state index in [0.717, 1.165) is 5.56 Å². The van der Waals surface area contributed by atoms with Gasteiger partial charge in [0.25, 0.3) is 0 Å². The van der Waals surface area contributed by atoms with E-state index in [4.69, 9.17) is 10.5 Å². The molecular formula is C9H11NOS. The smallest absolute Gasteiger partial charge is 0.0818 e. The standard InChI is InChI=1S/C9H11NOS/c1-11-7-9-8(3-2-5-10)4-6-12-9/h4,6H,5,7,10H2,1H3. The van der Waals surface area contributed by atoms with Gasteiger partial charge in [0.05, 0.1) is 13.2 Å². The number of hydrogen-bond donors (Lipinski definition) is 1. The van der Waals surface area contributed by atoms with Crippen LogP contribution in [0.15, 0.2) is 11.4 Å². The third-order valence-corrected chi connectivity index (χ3v) is 2.24. The monoisotopic (exact) mass is 181 g/mol. The summed E-state index contributed by atoms with van der Waals surface area (Å²) in [5.74, 6) is 5.81. The first-order valence-corrected chi connectivity index (χ1v) is 4.50. The largest absolute Gasteiger partial charge is 0.379 e. The fraction of sp³-hybridized carbons (Fsp3) is 0.333. The molecule has 0 atom stereocenters. The maximum Gasteiger partial charge on any atom is 0.0818 e. The van der Waals surface area contributed by atoms with Gasteiger partial charge in [-0.2, -0.15) is 0 Å². The Hall–Kier alpha value is -0.820. The molecule has 0 saturated heterocycles. The highest BCUT2D eigenvalue weighted by Crippen LogP contribution is 2.16. The molecule has 2 N–H and O–H groups in total. The van der Waals surface area contributed by atoms with Crippen LogP contribution in [0.4, 0.5) is 0 Å². The summed E-state index contributed by atoms with van der Waals surface area (Å²) >= 11 is 1.66. The highest BCUT2D eigenvalue weighted by molar-refractivity contribution is 7.10. The van der Waals surface area contributed by atoms with Crippen molar-refractivity contribution in [3.63, 3.8) is 0 Å². The van der Waals surface area contributed by atoms with Crippen molar-refractivity contribution in [2.45, 2.75) is 6.61 Å². The summed E-state index contributed by atoms with van der Waals surface area (Å²) in [6.07, 6.45) is 0. The van der Waals surface area contributed by atoms with Crippen molar-refractivity contribution < 1.29 is 4.74 Å². The fourth-order valence-corrected chi connectivity index (χ4v) is 1.64. The molecule has 0 aromatic carbocycles. The van der Waals surface area contributed by atoms with Gasteiger partial charge >= 0.3 is 0 Å². The van der Waals surface area contributed by atoms with Crippen LogP contribution >= 0.6 is 11.3 Å². The maximum atomic E-state index is 5.27. The minimum absolute atomic E-state index is 0.405. The van der Waals surface area contributed by atoms with Gasteiger partial charge in [0.15, 0.2) is 0 Å². The van der Waals surface area contributed by atoms with Gasteiger partial charge in [-0.3, -0.25) is 0 Å². The molecule has 1 aromatic rings. The van der Waals surface area contributed by atoms with Crippen molar-refractivity contribution in [2.24, 2.45) is 5.73 Å². The average Bonchev–Trinajstić information content (AvgIpc) is 2.50. The molecule has 1 heterocycles. The molecule has 0 bridgehead atoms. The molecule has 0 radical (unpaired) electrons. The molecule has 12 heavy (non-hydrogen) atoms. The molecule has 0 aliphatic carbocycles. The third-order valence-electron chi connectivity index (χ3n) is 1.35. The lowest BCUT2D eigenvalue weighted by molar-refractivity contribution is 0.187. The number of thiophene rings is 1. The van der Waals surface area contributed by atoms with Crippen molar-refractivity contribution in [2.75, 3.05) is 13.7 Å². The zero-order chi connectivity index (χ0) is 8.81. The Bertz CT molecular complexity index is 295. The Morgan fingerprint density at radius 2 is 2.50 bits per heavy atom. The molecule has 1 rings (SSSR count). The first-order chi connectivity index (χ1) is 5.88. The second-order valence-corrected chi connectivity index (χ2v) is 3.20. The summed E-state index contributed by atoms with van der Waals surface area (Å²) < 4.78 is 5.02. The topological polar surface area (TPSA) is 35.2 Å². The van der Waals surface area contributed by atoms with Gasteiger partial charge in [0.2, 0.25) is 0 Å². The molecule has 3 heteroatoms. The third kappa shape index (κ3) is 2.35. The van der Waals surface area contributed by atoms with E-state index in [1.165, 1.54) is 4.88 Å². The van der Waals surface area contributed by atoms with Crippen LogP contribution in [0.2, 0.25) is 0 Å². The lowest BCUT2D eigenvalue weighted by Gasteiger charge is -1.94. The van der Waals surface area contributed by atoms with Crippen LogP contribution in [0.3, 0.4) is 0 Å². The van der Waals surface area contributed by atoms with E-state index in [9.17, 15) is 0 Å². The number of rotatable bonds is 2. The van der Waals surface area contributed by atoms with Gasteiger partial charge in [-0.05, 0) is 11.4 Å². The van der Waals surface area contributed by atoms with Crippen LogP contribution < -0.4 is 5.73 Å². The SMILES string of the molecule is COCc1sccc1C#CCN. The minimum Gasteiger partial charge on any atom is -0.379 e. The number of hydrogen-bond acceptors (Lipinski definition) is 3. The van der Waals surface area contributed by atoms with Gasteiger partial charge in [-0.15, -0.1) is 11.3 Å². The van der Waals surface area contributed by atoms with E-state index < -0.39 is 0 Å². The van der Waals surface area contributed by atoms with E-state index in [0.29, 0.717) is 13.2 Å². The van der Waals surface area contributed by atoms with Gasteiger partial charge in [0, 0.05) is 17.6 Å². The lowest BCUT2D eigenvalue weighted by atomic mass is 10.2. The van der Waals surface area contributed by atoms with Crippen molar-refractivity contribution in [1.82, 2.24) is 0 Å². The predicted octanol–water partition coefficient (Wildman–Crippen LogP) is 1.20. The summed E-state index contributed by atoms with van der Waals surface area (Å²) in [7, 11) is 1.68. The van der Waals surface area contributed by atoms with E-state index >= 15 is 0 Å². The van der Waals surface area contributed by atoms with Gasteiger partial charge in [-0.25, -0.2) is 0 Å². The van der Waals surface area contributed by atoms with Crippen molar-refractivity contribution >= 4 is 11.3 Å². The lowest BCUT2D eigenvalue weighted by Crippen LogP contribution is -1.93. The van der Waals surface area contributed by atoms with Crippen LogP contribution in [-0.4, -0.2) is 13.7 Å². The Labute approximate surface area is 76.3 Å². The summed E-state index contributed by atoms with van der Waals surface area (Å²) in [5.41, 5.74) is 6.30. The zero-order valence-electron chi connectivity index (χ0n) is 6.96. The molecule has 0 aliphatic rings. The molecule has 64 valence electrons. The van der Waals surface area contributed by atoms with Gasteiger partial charge in [0.1, 0.15) is 0 Å². The van der Waals surface area contributed by atoms with E-state index in [1.807, 2.05) is 11.4 Å². The zero-order valence-corrected chi connectivity index (χ0v) is 7.78. The quantitative estimate of drug-likeness (QED) is 0.696. The fourth-order valence-electron chi connectivity index (χ4n) is 0.841. The Morgan fingerprint density at radius 3 is 3.17 bits per heavy atom. The second kappa shape index (κ2) is 4.94. The summed E-state index contributed by atoms with van der Waals surface area (Å²) in [4.78, 5) is 1.17. The van der Waals surface area contributed by atoms with Crippen LogP contribution in [0, 0.1) is 11.8 Å². The van der Waals surface area contributed by atoms with E-state index in [-0.39, 0.29) is 0 Å². The van der Waals surface area contributed by atoms with Crippen LogP contribution in [0.1, 0.15) is 10.4 Å². The Kier molecular flexibility index (Phi) is 3.81. The van der Waals surface area contributed by atoms with E-state index in [2.05, 4.69) is 11.8 Å². The molecule has 0 unspecified atom stereocenters. The average molecular weight is 181 g/mol. The number of nitrogens with two attached hydrogens (primary N) is 1. The maximum absolute atomic E-state index is 5.27. The molecular weight excluding hydrogens is 170 g/mol. The van der Waals surface area contributed by atoms with Crippen LogP contribution in [0.5, 0.6) is 0 Å². The molecule has 0 aliphatic heterocycles. The minimum atomic E-state index is 0.405. The molecule has 1 aromatic heterocycles. The molecule has 0 spiro atoms. The molecule has 0 saturated carbocycles. The first kappa shape index (κ1) is 9.27. The number of ether oxygens (including phenoxy) is 1. The molecule has 0 amide bonds. The van der Waals surface area contributed by atoms with Gasteiger partial charge in [-0.1, -0.05) is 11.8 Å². The number of methoxy groups -OCH3 is 1. The van der Waals surface area contributed by atoms with Crippen molar-refractivity contribution in [3.8, 4) is 11.8 Å². The summed E-state index contributed by atoms with van der Waals surface area (Å²) in [6.45, 7) is 1.04. The highest BCUT2D eigenvalue weighted by Gasteiger charge is 1.99. The van der Waals surface area contributed by atoms with Crippen LogP contribution in [-0.2, 0) is 11.3 Å². The summed E-state index contributed by atoms with van der Waals surface area (Å²) in [5, 5.41) is 2.01. The van der Waals surface area contributed by atoms with Crippen LogP contribution in [0.25, 0.3) is 0 Å². The van der Waals surface area contributed by atoms with Crippen molar-refractivity contribution in [1.29, 1.82) is 0 Å².